The van der Waals surface area contributed by atoms with Crippen molar-refractivity contribution >= 4 is 32.5 Å². The normalized spacial score (nSPS) is 11.6. The Labute approximate surface area is 139 Å². The van der Waals surface area contributed by atoms with Crippen LogP contribution >= 0.6 is 0 Å². The van der Waals surface area contributed by atoms with Crippen LogP contribution in [0.5, 0.6) is 0 Å². The number of aromatic nitrogens is 1. The second-order valence-corrected chi connectivity index (χ2v) is 7.42. The largest absolute Gasteiger partial charge is 0.428 e. The quantitative estimate of drug-likeness (QED) is 0.786. The molecule has 124 valence electrons. The van der Waals surface area contributed by atoms with Gasteiger partial charge >= 0.3 is 5.22 Å². The van der Waals surface area contributed by atoms with E-state index in [0.717, 1.165) is 11.1 Å². The number of para-hydroxylation sites is 2. The highest BCUT2D eigenvalue weighted by atomic mass is 32.2. The van der Waals surface area contributed by atoms with E-state index in [-0.39, 0.29) is 0 Å². The molecule has 0 aliphatic rings. The molecule has 0 saturated heterocycles. The zero-order valence-electron chi connectivity index (χ0n) is 13.2. The number of carbonyl (C=O) groups excluding carboxylic acids is 1. The van der Waals surface area contributed by atoms with E-state index in [2.05, 4.69) is 10.3 Å². The summed E-state index contributed by atoms with van der Waals surface area (Å²) in [4.78, 5) is 16.0. The molecule has 1 heterocycles. The Hall–Kier alpha value is -2.67. The number of sulfone groups is 1. The maximum Gasteiger partial charge on any atom is 0.316 e. The lowest BCUT2D eigenvalue weighted by Crippen LogP contribution is -2.23. The van der Waals surface area contributed by atoms with Crippen LogP contribution in [-0.4, -0.2) is 25.1 Å². The monoisotopic (exact) mass is 344 g/mol. The average molecular weight is 344 g/mol. The molecule has 7 heteroatoms. The number of amides is 1. The number of carbonyl (C=O) groups is 1. The minimum atomic E-state index is -3.95. The van der Waals surface area contributed by atoms with Gasteiger partial charge in [-0.25, -0.2) is 8.42 Å². The lowest BCUT2D eigenvalue weighted by molar-refractivity contribution is -0.113. The molecule has 2 aromatic carbocycles. The zero-order valence-corrected chi connectivity index (χ0v) is 14.1. The molecule has 1 amide bonds. The van der Waals surface area contributed by atoms with Gasteiger partial charge in [0, 0.05) is 5.69 Å². The SMILES string of the molecule is Cc1ccc(NC(=O)CS(=O)(=O)c2nc3ccccc3o2)cc1C. The van der Waals surface area contributed by atoms with Gasteiger partial charge in [-0.15, -0.1) is 0 Å². The van der Waals surface area contributed by atoms with Gasteiger partial charge in [0.2, 0.25) is 15.7 Å². The smallest absolute Gasteiger partial charge is 0.316 e. The van der Waals surface area contributed by atoms with Crippen molar-refractivity contribution in [1.29, 1.82) is 0 Å². The topological polar surface area (TPSA) is 89.3 Å². The number of hydrogen-bond acceptors (Lipinski definition) is 5. The van der Waals surface area contributed by atoms with E-state index in [1.165, 1.54) is 0 Å². The summed E-state index contributed by atoms with van der Waals surface area (Å²) < 4.78 is 29.9. The number of rotatable bonds is 4. The lowest BCUT2D eigenvalue weighted by Gasteiger charge is -2.07. The van der Waals surface area contributed by atoms with Crippen LogP contribution in [0.25, 0.3) is 11.1 Å². The van der Waals surface area contributed by atoms with Crippen molar-refractivity contribution in [2.75, 3.05) is 11.1 Å². The summed E-state index contributed by atoms with van der Waals surface area (Å²) in [5.74, 6) is -1.37. The Morgan fingerprint density at radius 1 is 1.12 bits per heavy atom. The van der Waals surface area contributed by atoms with Crippen molar-refractivity contribution in [2.24, 2.45) is 0 Å². The van der Waals surface area contributed by atoms with Crippen molar-refractivity contribution in [3.05, 3.63) is 53.6 Å². The summed E-state index contributed by atoms with van der Waals surface area (Å²) in [6.07, 6.45) is 0. The standard InChI is InChI=1S/C17H16N2O4S/c1-11-7-8-13(9-12(11)2)18-16(20)10-24(21,22)17-19-14-5-3-4-6-15(14)23-17/h3-9H,10H2,1-2H3,(H,18,20). The number of aryl methyl sites for hydroxylation is 2. The van der Waals surface area contributed by atoms with E-state index in [9.17, 15) is 13.2 Å². The maximum absolute atomic E-state index is 12.3. The fourth-order valence-corrected chi connectivity index (χ4v) is 3.23. The zero-order chi connectivity index (χ0) is 17.3. The molecule has 0 aliphatic heterocycles. The Morgan fingerprint density at radius 2 is 1.88 bits per heavy atom. The Bertz CT molecular complexity index is 989. The van der Waals surface area contributed by atoms with Crippen LogP contribution in [0, 0.1) is 13.8 Å². The number of benzene rings is 2. The Morgan fingerprint density at radius 3 is 2.58 bits per heavy atom. The molecule has 0 unspecified atom stereocenters. The number of fused-ring (bicyclic) bond motifs is 1. The molecule has 3 aromatic rings. The first kappa shape index (κ1) is 16.2. The molecule has 0 saturated carbocycles. The summed E-state index contributed by atoms with van der Waals surface area (Å²) in [5.41, 5.74) is 3.45. The summed E-state index contributed by atoms with van der Waals surface area (Å²) >= 11 is 0. The summed E-state index contributed by atoms with van der Waals surface area (Å²) in [5, 5.41) is 2.14. The van der Waals surface area contributed by atoms with Crippen LogP contribution in [-0.2, 0) is 14.6 Å². The van der Waals surface area contributed by atoms with Gasteiger partial charge in [-0.2, -0.15) is 4.98 Å². The third kappa shape index (κ3) is 3.30. The average Bonchev–Trinajstić information content (AvgIpc) is 2.95. The van der Waals surface area contributed by atoms with Gasteiger partial charge in [0.1, 0.15) is 11.3 Å². The fourth-order valence-electron chi connectivity index (χ4n) is 2.23. The van der Waals surface area contributed by atoms with Crippen molar-refractivity contribution in [3.8, 4) is 0 Å². The first-order chi connectivity index (χ1) is 11.3. The number of nitrogens with zero attached hydrogens (tertiary/aromatic N) is 1. The van der Waals surface area contributed by atoms with Crippen molar-refractivity contribution < 1.29 is 17.6 Å². The molecule has 6 nitrogen and oxygen atoms in total. The van der Waals surface area contributed by atoms with E-state index in [4.69, 9.17) is 4.42 Å². The van der Waals surface area contributed by atoms with Crippen LogP contribution in [0.1, 0.15) is 11.1 Å². The van der Waals surface area contributed by atoms with E-state index < -0.39 is 26.7 Å². The van der Waals surface area contributed by atoms with E-state index in [1.54, 1.807) is 36.4 Å². The maximum atomic E-state index is 12.3. The van der Waals surface area contributed by atoms with Gasteiger partial charge in [-0.3, -0.25) is 4.79 Å². The van der Waals surface area contributed by atoms with Crippen LogP contribution in [0.2, 0.25) is 0 Å². The second-order valence-electron chi connectivity index (χ2n) is 5.55. The van der Waals surface area contributed by atoms with E-state index in [1.807, 2.05) is 19.9 Å². The molecule has 0 atom stereocenters. The molecular formula is C17H16N2O4S. The molecule has 0 aliphatic carbocycles. The van der Waals surface area contributed by atoms with E-state index in [0.29, 0.717) is 16.8 Å². The van der Waals surface area contributed by atoms with E-state index >= 15 is 0 Å². The molecular weight excluding hydrogens is 328 g/mol. The molecule has 3 rings (SSSR count). The van der Waals surface area contributed by atoms with Gasteiger partial charge in [0.15, 0.2) is 5.58 Å². The molecule has 1 aromatic heterocycles. The van der Waals surface area contributed by atoms with Crippen LogP contribution < -0.4 is 5.32 Å². The predicted molar refractivity (Wildman–Crippen MR) is 90.6 cm³/mol. The van der Waals surface area contributed by atoms with Gasteiger partial charge in [-0.1, -0.05) is 18.2 Å². The number of hydrogen-bond donors (Lipinski definition) is 1. The Kier molecular flexibility index (Phi) is 4.11. The highest BCUT2D eigenvalue weighted by Crippen LogP contribution is 2.20. The van der Waals surface area contributed by atoms with Gasteiger partial charge in [0.25, 0.3) is 0 Å². The van der Waals surface area contributed by atoms with Crippen LogP contribution in [0.4, 0.5) is 5.69 Å². The summed E-state index contributed by atoms with van der Waals surface area (Å²) in [6, 6.07) is 12.1. The molecule has 0 fully saturated rings. The fraction of sp³-hybridized carbons (Fsp3) is 0.176. The first-order valence-corrected chi connectivity index (χ1v) is 8.96. The molecule has 24 heavy (non-hydrogen) atoms. The third-order valence-corrected chi connectivity index (χ3v) is 5.00. The predicted octanol–water partition coefficient (Wildman–Crippen LogP) is 2.86. The number of oxazole rings is 1. The number of anilines is 1. The molecule has 0 spiro atoms. The highest BCUT2D eigenvalue weighted by Gasteiger charge is 2.25. The number of nitrogens with one attached hydrogen (secondary N) is 1. The lowest BCUT2D eigenvalue weighted by atomic mass is 10.1. The van der Waals surface area contributed by atoms with Crippen molar-refractivity contribution in [3.63, 3.8) is 0 Å². The first-order valence-electron chi connectivity index (χ1n) is 7.30. The minimum absolute atomic E-state index is 0.366. The minimum Gasteiger partial charge on any atom is -0.428 e. The van der Waals surface area contributed by atoms with Gasteiger partial charge in [-0.05, 0) is 49.2 Å². The van der Waals surface area contributed by atoms with Crippen molar-refractivity contribution in [2.45, 2.75) is 19.1 Å². The van der Waals surface area contributed by atoms with Gasteiger partial charge in [0.05, 0.1) is 0 Å². The van der Waals surface area contributed by atoms with Crippen molar-refractivity contribution in [1.82, 2.24) is 4.98 Å². The van der Waals surface area contributed by atoms with Gasteiger partial charge < -0.3 is 9.73 Å². The Balaban J connectivity index is 1.78. The van der Waals surface area contributed by atoms with Crippen LogP contribution in [0.3, 0.4) is 0 Å². The summed E-state index contributed by atoms with van der Waals surface area (Å²) in [7, 11) is -3.95. The summed E-state index contributed by atoms with van der Waals surface area (Å²) in [6.45, 7) is 3.87. The third-order valence-electron chi connectivity index (χ3n) is 3.65. The molecule has 1 N–H and O–H groups in total. The van der Waals surface area contributed by atoms with Crippen LogP contribution in [0.15, 0.2) is 52.1 Å². The molecule has 0 bridgehead atoms. The second kappa shape index (κ2) is 6.09. The molecule has 0 radical (unpaired) electrons. The highest BCUT2D eigenvalue weighted by molar-refractivity contribution is 7.91.